The van der Waals surface area contributed by atoms with Gasteiger partial charge in [-0.2, -0.15) is 0 Å². The number of rotatable bonds is 6. The molecule has 6 nitrogen and oxygen atoms in total. The minimum absolute atomic E-state index is 0.00516. The van der Waals surface area contributed by atoms with Crippen LogP contribution in [0.1, 0.15) is 36.7 Å². The van der Waals surface area contributed by atoms with E-state index in [9.17, 15) is 14.4 Å². The molecule has 0 spiro atoms. The Kier molecular flexibility index (Phi) is 6.77. The first kappa shape index (κ1) is 21.8. The highest BCUT2D eigenvalue weighted by atomic mass is 35.5. The fourth-order valence-corrected chi connectivity index (χ4v) is 3.82. The molecule has 0 fully saturated rings. The van der Waals surface area contributed by atoms with Crippen LogP contribution in [0.5, 0.6) is 0 Å². The van der Waals surface area contributed by atoms with Crippen molar-refractivity contribution in [1.29, 1.82) is 0 Å². The average Bonchev–Trinajstić information content (AvgIpc) is 3.05. The number of nitrogens with zero attached hydrogens (tertiary/aromatic N) is 1. The summed E-state index contributed by atoms with van der Waals surface area (Å²) >= 11 is 6.06. The molecule has 2 aromatic carbocycles. The Labute approximate surface area is 181 Å². The third kappa shape index (κ3) is 4.65. The van der Waals surface area contributed by atoms with Crippen molar-refractivity contribution in [3.63, 3.8) is 0 Å². The lowest BCUT2D eigenvalue weighted by molar-refractivity contribution is -0.150. The number of esters is 1. The van der Waals surface area contributed by atoms with Gasteiger partial charge >= 0.3 is 5.97 Å². The first-order valence-corrected chi connectivity index (χ1v) is 10.3. The largest absolute Gasteiger partial charge is 0.454 e. The van der Waals surface area contributed by atoms with Gasteiger partial charge in [0.05, 0.1) is 10.6 Å². The highest BCUT2D eigenvalue weighted by Crippen LogP contribution is 2.31. The summed E-state index contributed by atoms with van der Waals surface area (Å²) in [5.41, 5.74) is 2.21. The molecule has 158 valence electrons. The summed E-state index contributed by atoms with van der Waals surface area (Å²) in [6, 6.07) is 13.4. The predicted molar refractivity (Wildman–Crippen MR) is 116 cm³/mol. The number of amides is 2. The number of carbonyl (C=O) groups excluding carboxylic acids is 3. The van der Waals surface area contributed by atoms with Crippen LogP contribution in [0.15, 0.2) is 48.5 Å². The van der Waals surface area contributed by atoms with Crippen molar-refractivity contribution in [3.05, 3.63) is 64.7 Å². The molecule has 1 aliphatic heterocycles. The molecule has 2 aromatic rings. The van der Waals surface area contributed by atoms with Crippen molar-refractivity contribution in [2.75, 3.05) is 11.5 Å². The maximum absolute atomic E-state index is 12.7. The van der Waals surface area contributed by atoms with Crippen molar-refractivity contribution in [1.82, 2.24) is 5.32 Å². The van der Waals surface area contributed by atoms with E-state index in [1.807, 2.05) is 31.2 Å². The van der Waals surface area contributed by atoms with E-state index in [4.69, 9.17) is 16.3 Å². The lowest BCUT2D eigenvalue weighted by Crippen LogP contribution is -2.47. The second-order valence-electron chi connectivity index (χ2n) is 7.73. The van der Waals surface area contributed by atoms with Crippen LogP contribution in [-0.2, 0) is 20.7 Å². The molecule has 1 aliphatic rings. The topological polar surface area (TPSA) is 75.7 Å². The zero-order valence-corrected chi connectivity index (χ0v) is 18.0. The molecule has 0 radical (unpaired) electrons. The van der Waals surface area contributed by atoms with Crippen molar-refractivity contribution >= 4 is 35.1 Å². The summed E-state index contributed by atoms with van der Waals surface area (Å²) in [5.74, 6) is -1.64. The Morgan fingerprint density at radius 2 is 1.80 bits per heavy atom. The highest BCUT2D eigenvalue weighted by Gasteiger charge is 2.32. The fourth-order valence-electron chi connectivity index (χ4n) is 3.60. The molecule has 30 heavy (non-hydrogen) atoms. The summed E-state index contributed by atoms with van der Waals surface area (Å²) in [6.45, 7) is 5.15. The number of anilines is 1. The molecular formula is C23H25ClN2O4. The summed E-state index contributed by atoms with van der Waals surface area (Å²) < 4.78 is 5.29. The Morgan fingerprint density at radius 3 is 2.50 bits per heavy atom. The Morgan fingerprint density at radius 1 is 1.13 bits per heavy atom. The lowest BCUT2D eigenvalue weighted by atomic mass is 10.0. The quantitative estimate of drug-likeness (QED) is 0.713. The van der Waals surface area contributed by atoms with E-state index in [0.29, 0.717) is 5.02 Å². The fraction of sp³-hybridized carbons (Fsp3) is 0.348. The van der Waals surface area contributed by atoms with E-state index in [0.717, 1.165) is 17.7 Å². The smallest absolute Gasteiger partial charge is 0.329 e. The number of hydrogen-bond donors (Lipinski definition) is 1. The van der Waals surface area contributed by atoms with Gasteiger partial charge in [-0.25, -0.2) is 4.79 Å². The van der Waals surface area contributed by atoms with Crippen LogP contribution in [0.3, 0.4) is 0 Å². The van der Waals surface area contributed by atoms with Crippen molar-refractivity contribution in [3.8, 4) is 0 Å². The highest BCUT2D eigenvalue weighted by molar-refractivity contribution is 6.33. The van der Waals surface area contributed by atoms with Gasteiger partial charge in [0.15, 0.2) is 6.61 Å². The number of carbonyl (C=O) groups is 3. The average molecular weight is 429 g/mol. The summed E-state index contributed by atoms with van der Waals surface area (Å²) in [7, 11) is 0. The summed E-state index contributed by atoms with van der Waals surface area (Å²) in [6.07, 6.45) is 0.762. The van der Waals surface area contributed by atoms with Crippen LogP contribution in [0.2, 0.25) is 5.02 Å². The van der Waals surface area contributed by atoms with Gasteiger partial charge in [0.2, 0.25) is 0 Å². The van der Waals surface area contributed by atoms with Crippen molar-refractivity contribution in [2.24, 2.45) is 5.92 Å². The van der Waals surface area contributed by atoms with Gasteiger partial charge in [-0.3, -0.25) is 9.59 Å². The molecule has 2 atom stereocenters. The van der Waals surface area contributed by atoms with Gasteiger partial charge in [-0.1, -0.05) is 55.8 Å². The Bertz CT molecular complexity index is 960. The van der Waals surface area contributed by atoms with Crippen LogP contribution in [0.25, 0.3) is 0 Å². The van der Waals surface area contributed by atoms with E-state index < -0.39 is 17.9 Å². The van der Waals surface area contributed by atoms with E-state index >= 15 is 0 Å². The normalized spacial score (nSPS) is 16.2. The number of ether oxygens (including phenoxy) is 1. The van der Waals surface area contributed by atoms with E-state index in [2.05, 4.69) is 5.32 Å². The van der Waals surface area contributed by atoms with Gasteiger partial charge in [-0.15, -0.1) is 0 Å². The minimum Gasteiger partial charge on any atom is -0.454 e. The van der Waals surface area contributed by atoms with Crippen LogP contribution in [0, 0.1) is 5.92 Å². The summed E-state index contributed by atoms with van der Waals surface area (Å²) in [4.78, 5) is 39.6. The number of para-hydroxylation sites is 1. The Hall–Kier alpha value is -2.86. The van der Waals surface area contributed by atoms with Gasteiger partial charge in [0, 0.05) is 11.7 Å². The number of nitrogens with one attached hydrogen (secondary N) is 1. The molecule has 0 aromatic heterocycles. The maximum Gasteiger partial charge on any atom is 0.329 e. The first-order valence-electron chi connectivity index (χ1n) is 9.91. The van der Waals surface area contributed by atoms with Crippen LogP contribution >= 0.6 is 11.6 Å². The standard InChI is InChI=1S/C23H25ClN2O4/c1-14(2)21(25-22(28)17-9-5-6-10-18(17)24)23(29)30-13-20(27)26-15(3)12-16-8-4-7-11-19(16)26/h4-11,14-15,21H,12-13H2,1-3H3,(H,25,28)/t15-,21-/m1/s1. The lowest BCUT2D eigenvalue weighted by Gasteiger charge is -2.24. The number of fused-ring (bicyclic) bond motifs is 1. The molecule has 7 heteroatoms. The maximum atomic E-state index is 12.7. The SMILES string of the molecule is CC(C)[C@@H](NC(=O)c1ccccc1Cl)C(=O)OCC(=O)N1c2ccccc2C[C@H]1C. The Balaban J connectivity index is 1.64. The molecule has 0 saturated heterocycles. The zero-order valence-electron chi connectivity index (χ0n) is 17.2. The van der Waals surface area contributed by atoms with Gasteiger partial charge in [0.1, 0.15) is 6.04 Å². The number of benzene rings is 2. The molecule has 2 amide bonds. The molecule has 0 aliphatic carbocycles. The van der Waals surface area contributed by atoms with Crippen molar-refractivity contribution < 1.29 is 19.1 Å². The number of halogens is 1. The third-order valence-electron chi connectivity index (χ3n) is 5.14. The molecule has 0 saturated carbocycles. The van der Waals surface area contributed by atoms with Gasteiger partial charge < -0.3 is 15.0 Å². The van der Waals surface area contributed by atoms with E-state index in [-0.39, 0.29) is 30.0 Å². The second-order valence-corrected chi connectivity index (χ2v) is 8.14. The molecule has 0 bridgehead atoms. The van der Waals surface area contributed by atoms with Crippen molar-refractivity contribution in [2.45, 2.75) is 39.3 Å². The van der Waals surface area contributed by atoms with Gasteiger partial charge in [0.25, 0.3) is 11.8 Å². The zero-order chi connectivity index (χ0) is 21.8. The van der Waals surface area contributed by atoms with E-state index in [1.165, 1.54) is 0 Å². The molecular weight excluding hydrogens is 404 g/mol. The second kappa shape index (κ2) is 9.30. The minimum atomic E-state index is -0.898. The molecule has 1 heterocycles. The summed E-state index contributed by atoms with van der Waals surface area (Å²) in [5, 5.41) is 2.96. The third-order valence-corrected chi connectivity index (χ3v) is 5.47. The van der Waals surface area contributed by atoms with Crippen LogP contribution in [0.4, 0.5) is 5.69 Å². The van der Waals surface area contributed by atoms with Crippen LogP contribution in [-0.4, -0.2) is 36.5 Å². The number of hydrogen-bond acceptors (Lipinski definition) is 4. The molecule has 3 rings (SSSR count). The molecule has 0 unspecified atom stereocenters. The first-order chi connectivity index (χ1) is 14.3. The van der Waals surface area contributed by atoms with Gasteiger partial charge in [-0.05, 0) is 43.0 Å². The van der Waals surface area contributed by atoms with Crippen LogP contribution < -0.4 is 10.2 Å². The van der Waals surface area contributed by atoms with E-state index in [1.54, 1.807) is 43.0 Å². The monoisotopic (exact) mass is 428 g/mol. The molecule has 1 N–H and O–H groups in total. The predicted octanol–water partition coefficient (Wildman–Crippen LogP) is 3.62.